The lowest BCUT2D eigenvalue weighted by Gasteiger charge is -2.43. The molecule has 178 valence electrons. The van der Waals surface area contributed by atoms with Crippen LogP contribution >= 0.6 is 0 Å². The molecule has 1 aromatic heterocycles. The predicted octanol–water partition coefficient (Wildman–Crippen LogP) is 1.22. The van der Waals surface area contributed by atoms with Crippen LogP contribution in [-0.4, -0.2) is 75.3 Å². The highest BCUT2D eigenvalue weighted by molar-refractivity contribution is 7.84. The van der Waals surface area contributed by atoms with Gasteiger partial charge in [0, 0.05) is 30.1 Å². The van der Waals surface area contributed by atoms with Gasteiger partial charge in [0.15, 0.2) is 0 Å². The Labute approximate surface area is 190 Å². The van der Waals surface area contributed by atoms with Crippen LogP contribution in [-0.2, 0) is 31.1 Å². The van der Waals surface area contributed by atoms with Crippen molar-refractivity contribution >= 4 is 39.1 Å². The quantitative estimate of drug-likeness (QED) is 0.432. The first-order valence-corrected chi connectivity index (χ1v) is 11.9. The number of hydrogen-bond acceptors (Lipinski definition) is 6. The van der Waals surface area contributed by atoms with Gasteiger partial charge in [-0.05, 0) is 38.8 Å². The van der Waals surface area contributed by atoms with Gasteiger partial charge in [0.1, 0.15) is 17.7 Å². The molecule has 2 saturated heterocycles. The fourth-order valence-corrected chi connectivity index (χ4v) is 5.33. The molecule has 33 heavy (non-hydrogen) atoms. The molecule has 11 nitrogen and oxygen atoms in total. The van der Waals surface area contributed by atoms with Gasteiger partial charge in [-0.25, -0.2) is 9.10 Å². The number of β-lactam (4-membered cyclic amide) rings is 1. The third-order valence-corrected chi connectivity index (χ3v) is 6.70. The number of aromatic amines is 1. The van der Waals surface area contributed by atoms with Crippen molar-refractivity contribution in [1.29, 1.82) is 0 Å². The third-order valence-electron chi connectivity index (χ3n) is 5.76. The first kappa shape index (κ1) is 23.1. The summed E-state index contributed by atoms with van der Waals surface area (Å²) in [5, 5.41) is 3.50. The molecule has 0 radical (unpaired) electrons. The molecule has 2 aliphatic heterocycles. The van der Waals surface area contributed by atoms with Crippen LogP contribution < -0.4 is 5.32 Å². The molecule has 4 rings (SSSR count). The normalized spacial score (nSPS) is 21.5. The van der Waals surface area contributed by atoms with Crippen LogP contribution in [0.5, 0.6) is 0 Å². The van der Waals surface area contributed by atoms with Crippen LogP contribution in [0.1, 0.15) is 32.8 Å². The summed E-state index contributed by atoms with van der Waals surface area (Å²) in [5.41, 5.74) is 0.877. The minimum Gasteiger partial charge on any atom is -0.444 e. The maximum absolute atomic E-state index is 13.5. The van der Waals surface area contributed by atoms with Crippen LogP contribution in [0.25, 0.3) is 10.9 Å². The zero-order chi connectivity index (χ0) is 24.1. The number of hydrogen-bond donors (Lipinski definition) is 3. The smallest absolute Gasteiger partial charge is 0.408 e. The van der Waals surface area contributed by atoms with Crippen LogP contribution in [0.15, 0.2) is 30.5 Å². The minimum absolute atomic E-state index is 0.117. The number of alkyl carbamates (subject to hydrolysis) is 1. The number of rotatable bonds is 5. The lowest BCUT2D eigenvalue weighted by atomic mass is 9.99. The van der Waals surface area contributed by atoms with E-state index in [-0.39, 0.29) is 19.4 Å². The molecule has 0 saturated carbocycles. The van der Waals surface area contributed by atoms with Crippen LogP contribution in [0.3, 0.4) is 0 Å². The second kappa shape index (κ2) is 8.03. The number of H-pyrrole nitrogens is 1. The highest BCUT2D eigenvalue weighted by Crippen LogP contribution is 2.36. The topological polar surface area (TPSA) is 149 Å². The van der Waals surface area contributed by atoms with Gasteiger partial charge in [-0.15, -0.1) is 0 Å². The lowest BCUT2D eigenvalue weighted by molar-refractivity contribution is -0.152. The average Bonchev–Trinajstić information content (AvgIpc) is 3.26. The monoisotopic (exact) mass is 478 g/mol. The van der Waals surface area contributed by atoms with Gasteiger partial charge in [-0.3, -0.25) is 14.1 Å². The Kier molecular flexibility index (Phi) is 5.61. The molecule has 3 amide bonds. The standard InChI is InChI=1S/C21H26N4O7S/c1-21(2,3)32-20(28)23-15(10-12-11-22-14-7-5-4-6-13(12)14)18(26)24-9-8-16-17(24)19(27)25(16)33(29,30)31/h4-7,11,15-17,22H,8-10H2,1-3H3,(H,23,28)(H,29,30,31)/t15-,16+,17-/m0/s1. The molecule has 3 N–H and O–H groups in total. The van der Waals surface area contributed by atoms with Gasteiger partial charge in [0.2, 0.25) is 5.91 Å². The maximum atomic E-state index is 13.5. The number of nitrogens with one attached hydrogen (secondary N) is 2. The first-order valence-electron chi connectivity index (χ1n) is 10.5. The zero-order valence-electron chi connectivity index (χ0n) is 18.4. The summed E-state index contributed by atoms with van der Waals surface area (Å²) >= 11 is 0. The first-order chi connectivity index (χ1) is 15.4. The van der Waals surface area contributed by atoms with Crippen molar-refractivity contribution < 1.29 is 32.1 Å². The fraction of sp³-hybridized carbons (Fsp3) is 0.476. The number of benzene rings is 1. The molecule has 0 spiro atoms. The van der Waals surface area contributed by atoms with E-state index in [2.05, 4.69) is 10.3 Å². The molecule has 1 aromatic carbocycles. The van der Waals surface area contributed by atoms with Crippen molar-refractivity contribution in [3.63, 3.8) is 0 Å². The van der Waals surface area contributed by atoms with E-state index in [0.717, 1.165) is 16.5 Å². The Morgan fingerprint density at radius 1 is 1.30 bits per heavy atom. The van der Waals surface area contributed by atoms with E-state index in [1.165, 1.54) is 4.90 Å². The van der Waals surface area contributed by atoms with E-state index in [0.29, 0.717) is 4.31 Å². The largest absolute Gasteiger partial charge is 0.444 e. The van der Waals surface area contributed by atoms with Gasteiger partial charge in [-0.1, -0.05) is 18.2 Å². The number of amides is 3. The van der Waals surface area contributed by atoms with Crippen molar-refractivity contribution in [2.75, 3.05) is 6.54 Å². The predicted molar refractivity (Wildman–Crippen MR) is 117 cm³/mol. The van der Waals surface area contributed by atoms with Crippen molar-refractivity contribution in [2.45, 2.75) is 57.3 Å². The van der Waals surface area contributed by atoms with Gasteiger partial charge in [0.05, 0.1) is 6.04 Å². The summed E-state index contributed by atoms with van der Waals surface area (Å²) in [6.45, 7) is 5.22. The van der Waals surface area contributed by atoms with Crippen molar-refractivity contribution in [1.82, 2.24) is 19.5 Å². The Hall–Kier alpha value is -3.12. The minimum atomic E-state index is -4.69. The Bertz CT molecular complexity index is 1220. The molecule has 2 aliphatic rings. The van der Waals surface area contributed by atoms with E-state index < -0.39 is 51.9 Å². The second-order valence-electron chi connectivity index (χ2n) is 9.21. The van der Waals surface area contributed by atoms with Crippen molar-refractivity contribution in [3.8, 4) is 0 Å². The average molecular weight is 479 g/mol. The number of ether oxygens (including phenoxy) is 1. The lowest BCUT2D eigenvalue weighted by Crippen LogP contribution is -2.69. The molecule has 3 atom stereocenters. The van der Waals surface area contributed by atoms with Gasteiger partial charge in [0.25, 0.3) is 5.91 Å². The van der Waals surface area contributed by atoms with Crippen LogP contribution in [0, 0.1) is 0 Å². The summed E-state index contributed by atoms with van der Waals surface area (Å²) in [6.07, 6.45) is 1.31. The summed E-state index contributed by atoms with van der Waals surface area (Å²) < 4.78 is 37.9. The highest BCUT2D eigenvalue weighted by atomic mass is 32.2. The number of aromatic nitrogens is 1. The number of carbonyl (C=O) groups excluding carboxylic acids is 3. The second-order valence-corrected chi connectivity index (χ2v) is 10.5. The molecule has 0 unspecified atom stereocenters. The Morgan fingerprint density at radius 2 is 2.00 bits per heavy atom. The fourth-order valence-electron chi connectivity index (χ4n) is 4.43. The number of para-hydroxylation sites is 1. The molecule has 2 aromatic rings. The van der Waals surface area contributed by atoms with Gasteiger partial charge >= 0.3 is 16.4 Å². The maximum Gasteiger partial charge on any atom is 0.408 e. The zero-order valence-corrected chi connectivity index (χ0v) is 19.3. The summed E-state index contributed by atoms with van der Waals surface area (Å²) in [4.78, 5) is 42.8. The van der Waals surface area contributed by atoms with Crippen molar-refractivity contribution in [2.24, 2.45) is 0 Å². The number of carbonyl (C=O) groups is 3. The Balaban J connectivity index is 1.58. The van der Waals surface area contributed by atoms with E-state index in [9.17, 15) is 27.4 Å². The number of fused-ring (bicyclic) bond motifs is 2. The van der Waals surface area contributed by atoms with Gasteiger partial charge in [-0.2, -0.15) is 8.42 Å². The number of likely N-dealkylation sites (tertiary alicyclic amines) is 1. The Morgan fingerprint density at radius 3 is 2.67 bits per heavy atom. The number of nitrogens with zero attached hydrogens (tertiary/aromatic N) is 2. The highest BCUT2D eigenvalue weighted by Gasteiger charge is 2.60. The van der Waals surface area contributed by atoms with E-state index >= 15 is 0 Å². The van der Waals surface area contributed by atoms with E-state index in [1.807, 2.05) is 24.3 Å². The third kappa shape index (κ3) is 4.40. The summed E-state index contributed by atoms with van der Waals surface area (Å²) in [5.74, 6) is -1.39. The summed E-state index contributed by atoms with van der Waals surface area (Å²) in [7, 11) is -4.69. The SMILES string of the molecule is CC(C)(C)OC(=O)N[C@@H](Cc1c[nH]c2ccccc12)C(=O)N1CC[C@@H]2[C@H]1C(=O)N2S(=O)(=O)O. The molecular formula is C21H26N4O7S. The summed E-state index contributed by atoms with van der Waals surface area (Å²) in [6, 6.07) is 4.65. The molecule has 0 bridgehead atoms. The van der Waals surface area contributed by atoms with E-state index in [4.69, 9.17) is 4.74 Å². The molecule has 12 heteroatoms. The van der Waals surface area contributed by atoms with Gasteiger partial charge < -0.3 is 19.9 Å². The molecular weight excluding hydrogens is 452 g/mol. The van der Waals surface area contributed by atoms with E-state index in [1.54, 1.807) is 27.0 Å². The molecule has 0 aliphatic carbocycles. The van der Waals surface area contributed by atoms with Crippen LogP contribution in [0.4, 0.5) is 4.79 Å². The molecule has 2 fully saturated rings. The molecule has 3 heterocycles. The van der Waals surface area contributed by atoms with Crippen LogP contribution in [0.2, 0.25) is 0 Å². The van der Waals surface area contributed by atoms with Crippen molar-refractivity contribution in [3.05, 3.63) is 36.0 Å².